The second kappa shape index (κ2) is 19.8. The zero-order valence-electron chi connectivity index (χ0n) is 39.1. The highest BCUT2D eigenvalue weighted by molar-refractivity contribution is 5.89. The monoisotopic (exact) mass is 916 g/mol. The lowest BCUT2D eigenvalue weighted by Crippen LogP contribution is -2.51. The molecule has 16 heteroatoms. The fourth-order valence-corrected chi connectivity index (χ4v) is 10.4. The van der Waals surface area contributed by atoms with Crippen molar-refractivity contribution < 1.29 is 37.5 Å². The van der Waals surface area contributed by atoms with Gasteiger partial charge in [-0.05, 0) is 133 Å². The molecular weight excluding hydrogens is 859 g/mol. The quantitative estimate of drug-likeness (QED) is 0.143. The van der Waals surface area contributed by atoms with Crippen molar-refractivity contribution in [3.8, 4) is 34.7 Å². The number of hydrogen-bond donors (Lipinski definition) is 1. The number of halogens is 2. The average molecular weight is 917 g/mol. The second-order valence-electron chi connectivity index (χ2n) is 19.7. The van der Waals surface area contributed by atoms with E-state index in [0.29, 0.717) is 57.0 Å². The molecule has 4 aliphatic rings. The lowest BCUT2D eigenvalue weighted by molar-refractivity contribution is -0.126. The van der Waals surface area contributed by atoms with Gasteiger partial charge in [-0.15, -0.1) is 0 Å². The Kier molecular flexibility index (Phi) is 14.4. The van der Waals surface area contributed by atoms with Crippen LogP contribution in [0, 0.1) is 71.8 Å². The summed E-state index contributed by atoms with van der Waals surface area (Å²) in [5.74, 6) is -2.32. The number of fused-ring (bicyclic) bond motifs is 4. The summed E-state index contributed by atoms with van der Waals surface area (Å²) in [7, 11) is 0. The minimum Gasteiger partial charge on any atom is -0.444 e. The fraction of sp³-hybridized carbons (Fsp3) is 0.510. The molecule has 2 unspecified atom stereocenters. The molecule has 2 aliphatic heterocycles. The molecule has 4 heterocycles. The lowest BCUT2D eigenvalue weighted by Gasteiger charge is -2.35. The van der Waals surface area contributed by atoms with Crippen LogP contribution >= 0.6 is 0 Å². The molecule has 0 spiro atoms. The van der Waals surface area contributed by atoms with Crippen molar-refractivity contribution in [3.63, 3.8) is 0 Å². The molecule has 2 saturated carbocycles. The van der Waals surface area contributed by atoms with E-state index in [0.717, 1.165) is 38.5 Å². The standard InChI is InChI=1S/C28H33FN4O4.C23H25FN4O2/c1-16-10-24(31-33(16)17(2)34)20-7-6-19(23(29)14-20)11-18(15-30)12-25(35)26-21-8-9-22(13-21)32(26)27(36)37-28(3,4)5;1-13-7-21(27-28(13)14(2)29)17-4-3-16(20(24)11-17)8-15(12-25)9-22(30)23-18-5-6-19(10-18)26-23/h6-7,10,14,18,21-22,26H,8-9,11-13H2,1-5H3;3-4,7,11,15,18-19,23,26H,5-6,8-10H2,1-2H3/t18?,21-,22+,26-;15?,18-,19+,23-/m00/s1. The van der Waals surface area contributed by atoms with Crippen LogP contribution in [0.2, 0.25) is 0 Å². The van der Waals surface area contributed by atoms with Crippen LogP contribution in [0.1, 0.15) is 118 Å². The number of ketones is 2. The molecule has 8 atom stereocenters. The largest absolute Gasteiger partial charge is 0.444 e. The van der Waals surface area contributed by atoms with Crippen molar-refractivity contribution in [2.45, 2.75) is 142 Å². The summed E-state index contributed by atoms with van der Waals surface area (Å²) in [5.41, 5.74) is 3.46. The van der Waals surface area contributed by atoms with E-state index < -0.39 is 41.2 Å². The summed E-state index contributed by atoms with van der Waals surface area (Å²) in [6.45, 7) is 11.7. The number of amides is 1. The third-order valence-corrected chi connectivity index (χ3v) is 13.5. The molecule has 352 valence electrons. The molecule has 2 aliphatic carbocycles. The summed E-state index contributed by atoms with van der Waals surface area (Å²) >= 11 is 0. The number of benzene rings is 2. The van der Waals surface area contributed by atoms with Gasteiger partial charge < -0.3 is 10.1 Å². The van der Waals surface area contributed by atoms with Crippen LogP contribution in [0.15, 0.2) is 48.5 Å². The van der Waals surface area contributed by atoms with Crippen LogP contribution in [0.5, 0.6) is 0 Å². The fourth-order valence-electron chi connectivity index (χ4n) is 10.4. The van der Waals surface area contributed by atoms with Crippen molar-refractivity contribution in [2.75, 3.05) is 0 Å². The summed E-state index contributed by atoms with van der Waals surface area (Å²) in [6, 6.07) is 16.8. The normalized spacial score (nSPS) is 22.3. The van der Waals surface area contributed by atoms with Crippen molar-refractivity contribution >= 4 is 29.5 Å². The van der Waals surface area contributed by atoms with E-state index >= 15 is 4.39 Å². The molecule has 0 radical (unpaired) electrons. The van der Waals surface area contributed by atoms with Gasteiger partial charge in [0.2, 0.25) is 11.8 Å². The third kappa shape index (κ3) is 10.9. The smallest absolute Gasteiger partial charge is 0.411 e. The Hall–Kier alpha value is -6.39. The van der Waals surface area contributed by atoms with E-state index in [9.17, 15) is 38.9 Å². The number of nitrogens with zero attached hydrogens (tertiary/aromatic N) is 7. The van der Waals surface area contributed by atoms with Gasteiger partial charge in [-0.1, -0.05) is 24.3 Å². The molecule has 14 nitrogen and oxygen atoms in total. The van der Waals surface area contributed by atoms with Gasteiger partial charge in [0.1, 0.15) is 17.2 Å². The Morgan fingerprint density at radius 3 is 1.67 bits per heavy atom. The first-order valence-electron chi connectivity index (χ1n) is 23.1. The highest BCUT2D eigenvalue weighted by atomic mass is 19.1. The minimum atomic E-state index is -0.730. The molecule has 1 amide bonds. The number of aromatic nitrogens is 4. The molecule has 4 fully saturated rings. The van der Waals surface area contributed by atoms with Gasteiger partial charge in [-0.2, -0.15) is 20.7 Å². The van der Waals surface area contributed by atoms with Crippen LogP contribution in [0.3, 0.4) is 0 Å². The van der Waals surface area contributed by atoms with E-state index in [1.807, 2.05) is 0 Å². The third-order valence-electron chi connectivity index (χ3n) is 13.5. The summed E-state index contributed by atoms with van der Waals surface area (Å²) in [4.78, 5) is 63.7. The number of ether oxygens (including phenoxy) is 1. The summed E-state index contributed by atoms with van der Waals surface area (Å²) < 4.78 is 37.9. The number of hydrogen-bond acceptors (Lipinski definition) is 11. The van der Waals surface area contributed by atoms with Gasteiger partial charge in [0.25, 0.3) is 0 Å². The van der Waals surface area contributed by atoms with Crippen molar-refractivity contribution in [1.29, 1.82) is 10.5 Å². The van der Waals surface area contributed by atoms with E-state index in [2.05, 4.69) is 27.7 Å². The molecule has 2 saturated heterocycles. The highest BCUT2D eigenvalue weighted by Gasteiger charge is 2.52. The molecule has 4 aromatic rings. The first-order chi connectivity index (χ1) is 31.7. The maximum Gasteiger partial charge on any atom is 0.411 e. The predicted molar refractivity (Wildman–Crippen MR) is 243 cm³/mol. The van der Waals surface area contributed by atoms with Gasteiger partial charge >= 0.3 is 6.09 Å². The molecule has 2 aromatic carbocycles. The zero-order valence-corrected chi connectivity index (χ0v) is 39.1. The van der Waals surface area contributed by atoms with Crippen LogP contribution in [0.25, 0.3) is 22.5 Å². The van der Waals surface area contributed by atoms with Gasteiger partial charge in [0.15, 0.2) is 11.6 Å². The topological polar surface area (TPSA) is 193 Å². The number of aryl methyl sites for hydroxylation is 2. The van der Waals surface area contributed by atoms with Gasteiger partial charge in [-0.3, -0.25) is 24.1 Å². The Balaban J connectivity index is 0.000000203. The number of piperidine rings is 2. The lowest BCUT2D eigenvalue weighted by atomic mass is 9.87. The summed E-state index contributed by atoms with van der Waals surface area (Å²) in [6.07, 6.45) is 5.56. The Labute approximate surface area is 389 Å². The van der Waals surface area contributed by atoms with Gasteiger partial charge in [0.05, 0.1) is 47.4 Å². The number of nitrogens with one attached hydrogen (secondary N) is 1. The first-order valence-corrected chi connectivity index (χ1v) is 23.1. The number of carbonyl (C=O) groups excluding carboxylic acids is 5. The highest BCUT2D eigenvalue weighted by Crippen LogP contribution is 2.44. The maximum atomic E-state index is 15.0. The van der Waals surface area contributed by atoms with Gasteiger partial charge in [-0.25, -0.2) is 22.9 Å². The SMILES string of the molecule is CC(=O)n1nc(-c2ccc(CC(C#N)CC(=O)[C@@H]3[C@H]4CC[C@H](C4)N3C(=O)OC(C)(C)C)c(F)c2)cc1C.CC(=O)n1nc(-c2ccc(CC(C#N)CC(=O)[C@H]3N[C@@H]4CC[C@H]3C4)c(F)c2)cc1C. The van der Waals surface area contributed by atoms with Crippen molar-refractivity contribution in [2.24, 2.45) is 23.7 Å². The van der Waals surface area contributed by atoms with Crippen LogP contribution < -0.4 is 5.32 Å². The average Bonchev–Trinajstić information content (AvgIpc) is 4.15. The number of nitriles is 2. The van der Waals surface area contributed by atoms with Crippen LogP contribution in [-0.4, -0.2) is 83.7 Å². The molecule has 2 aromatic heterocycles. The Bertz CT molecular complexity index is 2670. The number of Topliss-reactive ketones (excluding diaryl/α,β-unsaturated/α-hetero) is 2. The maximum absolute atomic E-state index is 15.0. The zero-order chi connectivity index (χ0) is 48.5. The van der Waals surface area contributed by atoms with Crippen LogP contribution in [-0.2, 0) is 27.2 Å². The Morgan fingerprint density at radius 1 is 0.746 bits per heavy atom. The molecule has 67 heavy (non-hydrogen) atoms. The van der Waals surface area contributed by atoms with E-state index in [-0.39, 0.29) is 67.1 Å². The summed E-state index contributed by atoms with van der Waals surface area (Å²) in [5, 5.41) is 31.1. The van der Waals surface area contributed by atoms with Crippen molar-refractivity contribution in [1.82, 2.24) is 29.8 Å². The van der Waals surface area contributed by atoms with Crippen LogP contribution in [0.4, 0.5) is 13.6 Å². The Morgan fingerprint density at radius 2 is 1.25 bits per heavy atom. The molecule has 4 bridgehead atoms. The van der Waals surface area contributed by atoms with E-state index in [1.54, 1.807) is 75.9 Å². The molecular formula is C51H58F2N8O6. The number of likely N-dealkylation sites (tertiary alicyclic amines) is 1. The van der Waals surface area contributed by atoms with Gasteiger partial charge in [0, 0.05) is 61.3 Å². The second-order valence-corrected chi connectivity index (χ2v) is 19.7. The first kappa shape index (κ1) is 48.5. The number of carbonyl (C=O) groups is 5. The van der Waals surface area contributed by atoms with Crippen molar-refractivity contribution in [3.05, 3.63) is 82.7 Å². The van der Waals surface area contributed by atoms with E-state index in [1.165, 1.54) is 35.3 Å². The molecule has 1 N–H and O–H groups in total. The minimum absolute atomic E-state index is 0.0190. The van der Waals surface area contributed by atoms with E-state index in [4.69, 9.17) is 4.74 Å². The molecule has 8 rings (SSSR count). The predicted octanol–water partition coefficient (Wildman–Crippen LogP) is 8.53. The number of rotatable bonds is 12.